The average molecular weight is 244 g/mol. The van der Waals surface area contributed by atoms with E-state index in [1.54, 1.807) is 18.0 Å². The number of carbonyl (C=O) groups excluding carboxylic acids is 1. The summed E-state index contributed by atoms with van der Waals surface area (Å²) in [5.41, 5.74) is 2.23. The van der Waals surface area contributed by atoms with Crippen LogP contribution >= 0.6 is 0 Å². The molecule has 0 unspecified atom stereocenters. The normalized spacial score (nSPS) is 10.7. The maximum absolute atomic E-state index is 11.1. The molecular weight excluding hydrogens is 228 g/mol. The second-order valence-corrected chi connectivity index (χ2v) is 4.35. The average Bonchev–Trinajstić information content (AvgIpc) is 2.83. The molecule has 1 aromatic heterocycles. The van der Waals surface area contributed by atoms with Crippen molar-refractivity contribution in [2.45, 2.75) is 19.9 Å². The second kappa shape index (κ2) is 5.04. The van der Waals surface area contributed by atoms with Crippen molar-refractivity contribution in [2.24, 2.45) is 0 Å². The Hall–Kier alpha value is -2.10. The Morgan fingerprint density at radius 3 is 2.44 bits per heavy atom. The van der Waals surface area contributed by atoms with Crippen molar-refractivity contribution in [3.63, 3.8) is 0 Å². The fraction of sp³-hybridized carbons (Fsp3) is 0.286. The highest BCUT2D eigenvalue weighted by atomic mass is 16.5. The number of aldehydes is 1. The van der Waals surface area contributed by atoms with Gasteiger partial charge in [0.2, 0.25) is 0 Å². The van der Waals surface area contributed by atoms with Crippen molar-refractivity contribution in [3.8, 4) is 17.0 Å². The highest BCUT2D eigenvalue weighted by molar-refractivity contribution is 5.85. The third-order valence-electron chi connectivity index (χ3n) is 2.78. The number of hydrogen-bond acceptors (Lipinski definition) is 3. The Morgan fingerprint density at radius 2 is 1.94 bits per heavy atom. The van der Waals surface area contributed by atoms with E-state index < -0.39 is 0 Å². The van der Waals surface area contributed by atoms with E-state index in [1.165, 1.54) is 0 Å². The predicted octanol–water partition coefficient (Wildman–Crippen LogP) is 2.95. The summed E-state index contributed by atoms with van der Waals surface area (Å²) in [6.45, 7) is 4.05. The lowest BCUT2D eigenvalue weighted by atomic mass is 10.1. The molecule has 0 saturated heterocycles. The van der Waals surface area contributed by atoms with Gasteiger partial charge in [0.25, 0.3) is 0 Å². The highest BCUT2D eigenvalue weighted by Gasteiger charge is 2.12. The molecule has 2 aromatic rings. The summed E-state index contributed by atoms with van der Waals surface area (Å²) in [5.74, 6) is 0.787. The molecule has 18 heavy (non-hydrogen) atoms. The van der Waals surface area contributed by atoms with Crippen LogP contribution in [-0.2, 0) is 0 Å². The van der Waals surface area contributed by atoms with Crippen LogP contribution in [0.2, 0.25) is 0 Å². The maximum atomic E-state index is 11.1. The first kappa shape index (κ1) is 12.4. The van der Waals surface area contributed by atoms with Crippen LogP contribution < -0.4 is 4.74 Å². The summed E-state index contributed by atoms with van der Waals surface area (Å²) in [6, 6.07) is 7.75. The molecule has 0 spiro atoms. The van der Waals surface area contributed by atoms with Crippen LogP contribution in [0.25, 0.3) is 11.3 Å². The van der Waals surface area contributed by atoms with Gasteiger partial charge in [-0.05, 0) is 38.1 Å². The second-order valence-electron chi connectivity index (χ2n) is 4.35. The first-order chi connectivity index (χ1) is 8.65. The first-order valence-corrected chi connectivity index (χ1v) is 5.84. The van der Waals surface area contributed by atoms with Gasteiger partial charge < -0.3 is 4.74 Å². The van der Waals surface area contributed by atoms with Gasteiger partial charge >= 0.3 is 0 Å². The smallest absolute Gasteiger partial charge is 0.153 e. The van der Waals surface area contributed by atoms with Crippen LogP contribution in [0.3, 0.4) is 0 Å². The number of aromatic nitrogens is 2. The Kier molecular flexibility index (Phi) is 3.46. The van der Waals surface area contributed by atoms with E-state index in [9.17, 15) is 4.79 Å². The van der Waals surface area contributed by atoms with Crippen molar-refractivity contribution in [3.05, 3.63) is 36.0 Å². The Morgan fingerprint density at radius 1 is 1.28 bits per heavy atom. The SMILES string of the molecule is COc1ccc(-c2nn(C(C)C)cc2C=O)cc1. The largest absolute Gasteiger partial charge is 0.497 e. The molecular formula is C14H16N2O2. The molecule has 0 amide bonds. The van der Waals surface area contributed by atoms with Gasteiger partial charge in [0.15, 0.2) is 6.29 Å². The summed E-state index contributed by atoms with van der Waals surface area (Å²) >= 11 is 0. The summed E-state index contributed by atoms with van der Waals surface area (Å²) in [7, 11) is 1.62. The minimum absolute atomic E-state index is 0.232. The van der Waals surface area contributed by atoms with Crippen LogP contribution in [-0.4, -0.2) is 23.2 Å². The molecule has 0 atom stereocenters. The van der Waals surface area contributed by atoms with Gasteiger partial charge in [0.05, 0.1) is 12.7 Å². The van der Waals surface area contributed by atoms with E-state index in [2.05, 4.69) is 5.10 Å². The third-order valence-corrected chi connectivity index (χ3v) is 2.78. The molecule has 1 aromatic carbocycles. The zero-order chi connectivity index (χ0) is 13.1. The Balaban J connectivity index is 2.44. The van der Waals surface area contributed by atoms with Crippen molar-refractivity contribution in [1.29, 1.82) is 0 Å². The molecule has 2 rings (SSSR count). The quantitative estimate of drug-likeness (QED) is 0.777. The number of benzene rings is 1. The number of hydrogen-bond donors (Lipinski definition) is 0. The Bertz CT molecular complexity index is 541. The van der Waals surface area contributed by atoms with E-state index in [0.29, 0.717) is 11.3 Å². The number of methoxy groups -OCH3 is 1. The van der Waals surface area contributed by atoms with E-state index in [0.717, 1.165) is 17.6 Å². The van der Waals surface area contributed by atoms with E-state index in [1.807, 2.05) is 38.1 Å². The van der Waals surface area contributed by atoms with Crippen LogP contribution in [0.1, 0.15) is 30.2 Å². The number of carbonyl (C=O) groups is 1. The maximum Gasteiger partial charge on any atom is 0.153 e. The van der Waals surface area contributed by atoms with Crippen molar-refractivity contribution in [2.75, 3.05) is 7.11 Å². The molecule has 0 bridgehead atoms. The molecule has 0 aliphatic rings. The fourth-order valence-electron chi connectivity index (χ4n) is 1.73. The van der Waals surface area contributed by atoms with Gasteiger partial charge in [-0.15, -0.1) is 0 Å². The molecule has 0 N–H and O–H groups in total. The minimum atomic E-state index is 0.232. The fourth-order valence-corrected chi connectivity index (χ4v) is 1.73. The lowest BCUT2D eigenvalue weighted by Crippen LogP contribution is -2.00. The van der Waals surface area contributed by atoms with E-state index in [-0.39, 0.29) is 6.04 Å². The molecule has 94 valence electrons. The van der Waals surface area contributed by atoms with E-state index in [4.69, 9.17) is 4.74 Å². The van der Waals surface area contributed by atoms with Crippen LogP contribution in [0.5, 0.6) is 5.75 Å². The van der Waals surface area contributed by atoms with Gasteiger partial charge in [-0.2, -0.15) is 5.10 Å². The predicted molar refractivity (Wildman–Crippen MR) is 70.0 cm³/mol. The van der Waals surface area contributed by atoms with Crippen molar-refractivity contribution < 1.29 is 9.53 Å². The standard InChI is InChI=1S/C14H16N2O2/c1-10(2)16-8-12(9-17)14(15-16)11-4-6-13(18-3)7-5-11/h4-10H,1-3H3. The molecule has 0 aliphatic heterocycles. The topological polar surface area (TPSA) is 44.1 Å². The van der Waals surface area contributed by atoms with Crippen LogP contribution in [0.15, 0.2) is 30.5 Å². The third kappa shape index (κ3) is 2.27. The van der Waals surface area contributed by atoms with Crippen molar-refractivity contribution in [1.82, 2.24) is 9.78 Å². The summed E-state index contributed by atoms with van der Waals surface area (Å²) in [4.78, 5) is 11.1. The van der Waals surface area contributed by atoms with Gasteiger partial charge in [0.1, 0.15) is 11.4 Å². The minimum Gasteiger partial charge on any atom is -0.497 e. The van der Waals surface area contributed by atoms with Crippen LogP contribution in [0.4, 0.5) is 0 Å². The van der Waals surface area contributed by atoms with Gasteiger partial charge in [-0.1, -0.05) is 0 Å². The number of nitrogens with zero attached hydrogens (tertiary/aromatic N) is 2. The molecule has 1 heterocycles. The zero-order valence-corrected chi connectivity index (χ0v) is 10.8. The number of ether oxygens (including phenoxy) is 1. The van der Waals surface area contributed by atoms with Crippen molar-refractivity contribution >= 4 is 6.29 Å². The van der Waals surface area contributed by atoms with Crippen LogP contribution in [0, 0.1) is 0 Å². The van der Waals surface area contributed by atoms with Gasteiger partial charge in [-0.3, -0.25) is 9.48 Å². The van der Waals surface area contributed by atoms with Gasteiger partial charge in [0, 0.05) is 17.8 Å². The summed E-state index contributed by atoms with van der Waals surface area (Å²) in [5, 5.41) is 4.45. The number of rotatable bonds is 4. The van der Waals surface area contributed by atoms with Gasteiger partial charge in [-0.25, -0.2) is 0 Å². The molecule has 4 heteroatoms. The van der Waals surface area contributed by atoms with E-state index >= 15 is 0 Å². The zero-order valence-electron chi connectivity index (χ0n) is 10.8. The summed E-state index contributed by atoms with van der Waals surface area (Å²) < 4.78 is 6.90. The molecule has 4 nitrogen and oxygen atoms in total. The highest BCUT2D eigenvalue weighted by Crippen LogP contribution is 2.24. The summed E-state index contributed by atoms with van der Waals surface area (Å²) in [6.07, 6.45) is 2.61. The lowest BCUT2D eigenvalue weighted by molar-refractivity contribution is 0.112. The molecule has 0 saturated carbocycles. The monoisotopic (exact) mass is 244 g/mol. The molecule has 0 radical (unpaired) electrons. The lowest BCUT2D eigenvalue weighted by Gasteiger charge is -2.04. The molecule has 0 fully saturated rings. The molecule has 0 aliphatic carbocycles. The first-order valence-electron chi connectivity index (χ1n) is 5.84. The Labute approximate surface area is 106 Å².